The smallest absolute Gasteiger partial charge is 0.237 e. The molecule has 0 radical (unpaired) electrons. The highest BCUT2D eigenvalue weighted by molar-refractivity contribution is 7.99. The van der Waals surface area contributed by atoms with Gasteiger partial charge in [-0.2, -0.15) is 9.61 Å². The minimum atomic E-state index is -0.0242. The van der Waals surface area contributed by atoms with Gasteiger partial charge in [0.05, 0.1) is 11.4 Å². The van der Waals surface area contributed by atoms with E-state index in [0.717, 1.165) is 17.1 Å². The molecule has 0 aliphatic rings. The standard InChI is InChI=1S/C19H16N6OS/c1-24(14-7-3-2-4-8-14)18(26)13-27-19-22-21-17-11-10-16(23-25(17)19)15-9-5-6-12-20-15/h2-12H,13H2,1H3. The Bertz CT molecular complexity index is 1070. The predicted molar refractivity (Wildman–Crippen MR) is 105 cm³/mol. The molecule has 0 N–H and O–H groups in total. The summed E-state index contributed by atoms with van der Waals surface area (Å²) in [5, 5.41) is 13.4. The second-order valence-corrected chi connectivity index (χ2v) is 6.71. The van der Waals surface area contributed by atoms with E-state index in [1.807, 2.05) is 60.7 Å². The third kappa shape index (κ3) is 3.65. The summed E-state index contributed by atoms with van der Waals surface area (Å²) < 4.78 is 1.64. The van der Waals surface area contributed by atoms with Crippen LogP contribution in [0.25, 0.3) is 17.0 Å². The summed E-state index contributed by atoms with van der Waals surface area (Å²) in [5.41, 5.74) is 2.97. The Balaban J connectivity index is 1.53. The molecule has 1 amide bonds. The van der Waals surface area contributed by atoms with Gasteiger partial charge in [-0.25, -0.2) is 0 Å². The highest BCUT2D eigenvalue weighted by Gasteiger charge is 2.15. The summed E-state index contributed by atoms with van der Waals surface area (Å²) >= 11 is 1.31. The molecule has 3 aromatic heterocycles. The number of para-hydroxylation sites is 1. The highest BCUT2D eigenvalue weighted by Crippen LogP contribution is 2.20. The van der Waals surface area contributed by atoms with E-state index < -0.39 is 0 Å². The van der Waals surface area contributed by atoms with Gasteiger partial charge in [-0.05, 0) is 36.4 Å². The molecule has 27 heavy (non-hydrogen) atoms. The number of rotatable bonds is 5. The van der Waals surface area contributed by atoms with Crippen molar-refractivity contribution in [2.45, 2.75) is 5.16 Å². The normalized spacial score (nSPS) is 10.9. The van der Waals surface area contributed by atoms with Crippen LogP contribution in [0.2, 0.25) is 0 Å². The van der Waals surface area contributed by atoms with Crippen LogP contribution in [-0.4, -0.2) is 43.5 Å². The first-order valence-electron chi connectivity index (χ1n) is 8.30. The molecular formula is C19H16N6OS. The molecule has 0 bridgehead atoms. The van der Waals surface area contributed by atoms with Gasteiger partial charge in [0.1, 0.15) is 5.69 Å². The fraction of sp³-hybridized carbons (Fsp3) is 0.105. The van der Waals surface area contributed by atoms with Gasteiger partial charge >= 0.3 is 0 Å². The van der Waals surface area contributed by atoms with Crippen molar-refractivity contribution < 1.29 is 4.79 Å². The largest absolute Gasteiger partial charge is 0.315 e. The van der Waals surface area contributed by atoms with Crippen LogP contribution in [0, 0.1) is 0 Å². The van der Waals surface area contributed by atoms with Crippen LogP contribution >= 0.6 is 11.8 Å². The molecular weight excluding hydrogens is 360 g/mol. The van der Waals surface area contributed by atoms with Crippen LogP contribution in [0.15, 0.2) is 72.0 Å². The molecule has 0 saturated heterocycles. The van der Waals surface area contributed by atoms with Crippen molar-refractivity contribution in [2.24, 2.45) is 0 Å². The van der Waals surface area contributed by atoms with Gasteiger partial charge in [0, 0.05) is 18.9 Å². The van der Waals surface area contributed by atoms with Gasteiger partial charge in [0.25, 0.3) is 0 Å². The van der Waals surface area contributed by atoms with E-state index >= 15 is 0 Å². The maximum absolute atomic E-state index is 12.5. The van der Waals surface area contributed by atoms with E-state index in [9.17, 15) is 4.79 Å². The number of hydrogen-bond acceptors (Lipinski definition) is 6. The topological polar surface area (TPSA) is 76.3 Å². The summed E-state index contributed by atoms with van der Waals surface area (Å²) in [6, 6.07) is 18.9. The van der Waals surface area contributed by atoms with E-state index in [0.29, 0.717) is 10.8 Å². The van der Waals surface area contributed by atoms with Crippen molar-refractivity contribution >= 4 is 29.0 Å². The number of aromatic nitrogens is 5. The van der Waals surface area contributed by atoms with E-state index in [1.165, 1.54) is 11.8 Å². The lowest BCUT2D eigenvalue weighted by atomic mass is 10.2. The third-order valence-electron chi connectivity index (χ3n) is 4.00. The quantitative estimate of drug-likeness (QED) is 0.499. The van der Waals surface area contributed by atoms with Gasteiger partial charge < -0.3 is 4.90 Å². The Morgan fingerprint density at radius 3 is 2.59 bits per heavy atom. The lowest BCUT2D eigenvalue weighted by molar-refractivity contribution is -0.115. The van der Waals surface area contributed by atoms with Crippen molar-refractivity contribution in [2.75, 3.05) is 17.7 Å². The minimum absolute atomic E-state index is 0.0242. The lowest BCUT2D eigenvalue weighted by Crippen LogP contribution is -2.27. The van der Waals surface area contributed by atoms with Crippen LogP contribution < -0.4 is 4.90 Å². The average molecular weight is 376 g/mol. The van der Waals surface area contributed by atoms with Crippen molar-refractivity contribution in [3.63, 3.8) is 0 Å². The Morgan fingerprint density at radius 2 is 1.81 bits per heavy atom. The van der Waals surface area contributed by atoms with Crippen LogP contribution in [0.3, 0.4) is 0 Å². The van der Waals surface area contributed by atoms with Crippen molar-refractivity contribution in [3.8, 4) is 11.4 Å². The van der Waals surface area contributed by atoms with Crippen LogP contribution in [-0.2, 0) is 4.79 Å². The van der Waals surface area contributed by atoms with E-state index in [-0.39, 0.29) is 11.7 Å². The van der Waals surface area contributed by atoms with Crippen molar-refractivity contribution in [1.82, 2.24) is 24.8 Å². The molecule has 0 atom stereocenters. The molecule has 1 aromatic carbocycles. The molecule has 0 fully saturated rings. The SMILES string of the molecule is CN(C(=O)CSc1nnc2ccc(-c3ccccn3)nn12)c1ccccc1. The van der Waals surface area contributed by atoms with Gasteiger partial charge in [-0.3, -0.25) is 9.78 Å². The fourth-order valence-electron chi connectivity index (χ4n) is 2.53. The molecule has 0 spiro atoms. The summed E-state index contributed by atoms with van der Waals surface area (Å²) in [5.74, 6) is 0.214. The zero-order chi connectivity index (χ0) is 18.6. The molecule has 8 heteroatoms. The number of hydrogen-bond donors (Lipinski definition) is 0. The molecule has 7 nitrogen and oxygen atoms in total. The number of nitrogens with zero attached hydrogens (tertiary/aromatic N) is 6. The Labute approximate surface area is 160 Å². The van der Waals surface area contributed by atoms with E-state index in [4.69, 9.17) is 0 Å². The molecule has 0 saturated carbocycles. The van der Waals surface area contributed by atoms with Gasteiger partial charge in [0.2, 0.25) is 11.1 Å². The second kappa shape index (κ2) is 7.55. The maximum Gasteiger partial charge on any atom is 0.237 e. The molecule has 4 rings (SSSR count). The number of fused-ring (bicyclic) bond motifs is 1. The summed E-state index contributed by atoms with van der Waals surface area (Å²) in [7, 11) is 1.76. The first-order chi connectivity index (χ1) is 13.2. The number of anilines is 1. The van der Waals surface area contributed by atoms with Gasteiger partial charge in [-0.15, -0.1) is 10.2 Å². The number of pyridine rings is 1. The summed E-state index contributed by atoms with van der Waals surface area (Å²) in [4.78, 5) is 18.4. The van der Waals surface area contributed by atoms with Gasteiger partial charge in [-0.1, -0.05) is 36.0 Å². The Hall–Kier alpha value is -3.26. The maximum atomic E-state index is 12.5. The number of carbonyl (C=O) groups is 1. The third-order valence-corrected chi connectivity index (χ3v) is 4.91. The number of amides is 1. The monoisotopic (exact) mass is 376 g/mol. The van der Waals surface area contributed by atoms with Crippen LogP contribution in [0.5, 0.6) is 0 Å². The van der Waals surface area contributed by atoms with Crippen LogP contribution in [0.1, 0.15) is 0 Å². The zero-order valence-corrected chi connectivity index (χ0v) is 15.4. The van der Waals surface area contributed by atoms with Crippen molar-refractivity contribution in [1.29, 1.82) is 0 Å². The lowest BCUT2D eigenvalue weighted by Gasteiger charge is -2.16. The first-order valence-corrected chi connectivity index (χ1v) is 9.29. The molecule has 0 aliphatic carbocycles. The Kier molecular flexibility index (Phi) is 4.80. The fourth-order valence-corrected chi connectivity index (χ4v) is 3.33. The zero-order valence-electron chi connectivity index (χ0n) is 14.6. The van der Waals surface area contributed by atoms with E-state index in [2.05, 4.69) is 20.3 Å². The molecule has 4 aromatic rings. The molecule has 0 aliphatic heterocycles. The number of thioether (sulfide) groups is 1. The molecule has 0 unspecified atom stereocenters. The van der Waals surface area contributed by atoms with Crippen molar-refractivity contribution in [3.05, 3.63) is 66.9 Å². The first kappa shape index (κ1) is 17.2. The summed E-state index contributed by atoms with van der Waals surface area (Å²) in [6.07, 6.45) is 1.72. The Morgan fingerprint density at radius 1 is 1.00 bits per heavy atom. The van der Waals surface area contributed by atoms with Crippen LogP contribution in [0.4, 0.5) is 5.69 Å². The van der Waals surface area contributed by atoms with E-state index in [1.54, 1.807) is 22.7 Å². The van der Waals surface area contributed by atoms with Gasteiger partial charge in [0.15, 0.2) is 5.65 Å². The molecule has 134 valence electrons. The average Bonchev–Trinajstić information content (AvgIpc) is 3.15. The molecule has 3 heterocycles. The minimum Gasteiger partial charge on any atom is -0.315 e. The summed E-state index contributed by atoms with van der Waals surface area (Å²) in [6.45, 7) is 0. The number of benzene rings is 1. The number of carbonyl (C=O) groups excluding carboxylic acids is 1. The highest BCUT2D eigenvalue weighted by atomic mass is 32.2. The predicted octanol–water partition coefficient (Wildman–Crippen LogP) is 2.94. The second-order valence-electron chi connectivity index (χ2n) is 5.76.